The largest absolute Gasteiger partial charge is 0.491 e. The van der Waals surface area contributed by atoms with Crippen molar-refractivity contribution in [3.05, 3.63) is 78.6 Å². The highest BCUT2D eigenvalue weighted by Gasteiger charge is 2.37. The van der Waals surface area contributed by atoms with Gasteiger partial charge in [0.25, 0.3) is 5.91 Å². The molecule has 2 aliphatic heterocycles. The second-order valence-electron chi connectivity index (χ2n) is 8.99. The van der Waals surface area contributed by atoms with Crippen molar-refractivity contribution in [3.8, 4) is 16.9 Å². The molecule has 2 aromatic carbocycles. The van der Waals surface area contributed by atoms with E-state index in [0.29, 0.717) is 30.0 Å². The number of benzene rings is 2. The Balaban J connectivity index is 1.39. The number of pyridine rings is 1. The molecule has 9 nitrogen and oxygen atoms in total. The maximum absolute atomic E-state index is 13.3. The van der Waals surface area contributed by atoms with Crippen LogP contribution in [0.4, 0.5) is 10.5 Å². The van der Waals surface area contributed by atoms with Gasteiger partial charge in [-0.1, -0.05) is 36.4 Å². The molecule has 0 saturated carbocycles. The predicted molar refractivity (Wildman–Crippen MR) is 135 cm³/mol. The average molecular weight is 486 g/mol. The number of aromatic nitrogens is 1. The Hall–Kier alpha value is -4.40. The predicted octanol–water partition coefficient (Wildman–Crippen LogP) is 3.00. The Labute approximate surface area is 209 Å². The van der Waals surface area contributed by atoms with E-state index in [2.05, 4.69) is 15.6 Å². The number of nitrogens with zero attached hydrogens (tertiary/aromatic N) is 3. The van der Waals surface area contributed by atoms with Gasteiger partial charge in [0.05, 0.1) is 30.5 Å². The van der Waals surface area contributed by atoms with Crippen molar-refractivity contribution in [2.75, 3.05) is 32.1 Å². The molecule has 3 aromatic rings. The van der Waals surface area contributed by atoms with E-state index in [1.807, 2.05) is 42.5 Å². The topological polar surface area (TPSA) is 104 Å². The molecule has 0 radical (unpaired) electrons. The van der Waals surface area contributed by atoms with Gasteiger partial charge in [-0.05, 0) is 36.2 Å². The van der Waals surface area contributed by atoms with Gasteiger partial charge in [-0.15, -0.1) is 0 Å². The van der Waals surface area contributed by atoms with Crippen molar-refractivity contribution in [1.82, 2.24) is 20.1 Å². The minimum absolute atomic E-state index is 0.0695. The van der Waals surface area contributed by atoms with Crippen LogP contribution in [0.1, 0.15) is 16.8 Å². The first-order chi connectivity index (χ1) is 17.5. The fraction of sp³-hybridized carbons (Fsp3) is 0.259. The van der Waals surface area contributed by atoms with E-state index in [0.717, 1.165) is 11.1 Å². The van der Waals surface area contributed by atoms with Crippen LogP contribution in [0.15, 0.2) is 73.1 Å². The first kappa shape index (κ1) is 23.3. The number of fused-ring (bicyclic) bond motifs is 4. The molecule has 5 rings (SSSR count). The van der Waals surface area contributed by atoms with Crippen LogP contribution >= 0.6 is 0 Å². The second-order valence-corrected chi connectivity index (χ2v) is 8.99. The molecule has 0 unspecified atom stereocenters. The summed E-state index contributed by atoms with van der Waals surface area (Å²) in [5.41, 5.74) is 2.66. The summed E-state index contributed by atoms with van der Waals surface area (Å²) in [6.07, 6.45) is 3.72. The van der Waals surface area contributed by atoms with Crippen LogP contribution in [-0.4, -0.2) is 71.5 Å². The maximum Gasteiger partial charge on any atom is 0.319 e. The van der Waals surface area contributed by atoms with Gasteiger partial charge in [0, 0.05) is 30.9 Å². The summed E-state index contributed by atoms with van der Waals surface area (Å²) in [5, 5.41) is 5.70. The van der Waals surface area contributed by atoms with E-state index in [-0.39, 0.29) is 43.1 Å². The summed E-state index contributed by atoms with van der Waals surface area (Å²) < 4.78 is 6.24. The van der Waals surface area contributed by atoms with E-state index in [9.17, 15) is 14.4 Å². The minimum atomic E-state index is -0.368. The number of anilines is 1. The zero-order chi connectivity index (χ0) is 25.1. The SMILES string of the molecule is CN1CC(=O)N2C[C@H](NC(=O)Nc3cccnc3)C[C@H]2COc2ccccc2-c2ccccc2C1=O. The van der Waals surface area contributed by atoms with E-state index in [1.54, 1.807) is 42.5 Å². The van der Waals surface area contributed by atoms with Crippen molar-refractivity contribution < 1.29 is 19.1 Å². The van der Waals surface area contributed by atoms with Gasteiger partial charge in [-0.3, -0.25) is 14.6 Å². The summed E-state index contributed by atoms with van der Waals surface area (Å²) in [4.78, 5) is 46.3. The Morgan fingerprint density at radius 2 is 1.75 bits per heavy atom. The van der Waals surface area contributed by atoms with Crippen LogP contribution in [0.25, 0.3) is 11.1 Å². The normalized spacial score (nSPS) is 19.7. The van der Waals surface area contributed by atoms with Crippen molar-refractivity contribution in [2.24, 2.45) is 0 Å². The van der Waals surface area contributed by atoms with Crippen LogP contribution in [0.5, 0.6) is 5.75 Å². The smallest absolute Gasteiger partial charge is 0.319 e. The van der Waals surface area contributed by atoms with E-state index >= 15 is 0 Å². The number of ether oxygens (including phenoxy) is 1. The maximum atomic E-state index is 13.3. The molecule has 2 N–H and O–H groups in total. The number of hydrogen-bond acceptors (Lipinski definition) is 5. The van der Waals surface area contributed by atoms with Crippen LogP contribution in [0.2, 0.25) is 0 Å². The number of amides is 4. The summed E-state index contributed by atoms with van der Waals surface area (Å²) in [5.74, 6) is 0.206. The summed E-state index contributed by atoms with van der Waals surface area (Å²) in [6, 6.07) is 17.5. The molecule has 3 heterocycles. The molecule has 1 aromatic heterocycles. The lowest BCUT2D eigenvalue weighted by Crippen LogP contribution is -2.46. The molecule has 1 saturated heterocycles. The summed E-state index contributed by atoms with van der Waals surface area (Å²) >= 11 is 0. The van der Waals surface area contributed by atoms with Gasteiger partial charge in [0.1, 0.15) is 12.4 Å². The van der Waals surface area contributed by atoms with E-state index in [1.165, 1.54) is 4.90 Å². The molecule has 0 bridgehead atoms. The Morgan fingerprint density at radius 3 is 2.53 bits per heavy atom. The van der Waals surface area contributed by atoms with Crippen molar-refractivity contribution in [3.63, 3.8) is 0 Å². The van der Waals surface area contributed by atoms with Gasteiger partial charge in [0.15, 0.2) is 0 Å². The molecule has 0 aliphatic carbocycles. The van der Waals surface area contributed by atoms with Crippen LogP contribution in [-0.2, 0) is 4.79 Å². The molecular formula is C27H27N5O4. The standard InChI is InChI=1S/C27H27N5O4/c1-31-16-25(33)32-15-19(30-27(35)29-18-7-6-12-28-14-18)13-20(32)17-36-24-11-5-4-9-22(24)21-8-2-3-10-23(21)26(31)34/h2-12,14,19-20H,13,15-17H2,1H3,(H2,29,30,35)/t19-,20+/m1/s1. The lowest BCUT2D eigenvalue weighted by Gasteiger charge is -2.28. The highest BCUT2D eigenvalue weighted by atomic mass is 16.5. The molecule has 2 atom stereocenters. The van der Waals surface area contributed by atoms with E-state index < -0.39 is 0 Å². The fourth-order valence-corrected chi connectivity index (χ4v) is 4.75. The lowest BCUT2D eigenvalue weighted by molar-refractivity contribution is -0.133. The molecule has 4 amide bonds. The van der Waals surface area contributed by atoms with Crippen LogP contribution < -0.4 is 15.4 Å². The average Bonchev–Trinajstić information content (AvgIpc) is 3.29. The van der Waals surface area contributed by atoms with E-state index in [4.69, 9.17) is 4.74 Å². The first-order valence-electron chi connectivity index (χ1n) is 11.8. The minimum Gasteiger partial charge on any atom is -0.491 e. The Morgan fingerprint density at radius 1 is 1.00 bits per heavy atom. The van der Waals surface area contributed by atoms with Crippen molar-refractivity contribution in [2.45, 2.75) is 18.5 Å². The number of para-hydroxylation sites is 1. The highest BCUT2D eigenvalue weighted by molar-refractivity contribution is 6.02. The third-order valence-corrected chi connectivity index (χ3v) is 6.47. The molecule has 0 spiro atoms. The number of nitrogens with one attached hydrogen (secondary N) is 2. The van der Waals surface area contributed by atoms with Gasteiger partial charge in [0.2, 0.25) is 5.91 Å². The number of rotatable bonds is 2. The number of carbonyl (C=O) groups is 3. The molecular weight excluding hydrogens is 458 g/mol. The van der Waals surface area contributed by atoms with Crippen molar-refractivity contribution in [1.29, 1.82) is 0 Å². The van der Waals surface area contributed by atoms with Gasteiger partial charge in [-0.25, -0.2) is 4.79 Å². The monoisotopic (exact) mass is 485 g/mol. The van der Waals surface area contributed by atoms with Gasteiger partial charge < -0.3 is 25.2 Å². The van der Waals surface area contributed by atoms with Crippen LogP contribution in [0, 0.1) is 0 Å². The van der Waals surface area contributed by atoms with Gasteiger partial charge in [-0.2, -0.15) is 0 Å². The number of hydrogen-bond donors (Lipinski definition) is 2. The van der Waals surface area contributed by atoms with Crippen LogP contribution in [0.3, 0.4) is 0 Å². The zero-order valence-corrected chi connectivity index (χ0v) is 19.9. The summed E-state index contributed by atoms with van der Waals surface area (Å²) in [6.45, 7) is 0.526. The number of urea groups is 1. The second kappa shape index (κ2) is 10.1. The number of likely N-dealkylation sites (N-methyl/N-ethyl adjacent to an activating group) is 1. The Kier molecular flexibility index (Phi) is 6.53. The van der Waals surface area contributed by atoms with Gasteiger partial charge >= 0.3 is 6.03 Å². The Bertz CT molecular complexity index is 1280. The molecule has 2 aliphatic rings. The van der Waals surface area contributed by atoms with Crippen molar-refractivity contribution >= 4 is 23.5 Å². The zero-order valence-electron chi connectivity index (χ0n) is 19.9. The third kappa shape index (κ3) is 4.86. The molecule has 9 heteroatoms. The highest BCUT2D eigenvalue weighted by Crippen LogP contribution is 2.34. The molecule has 184 valence electrons. The quantitative estimate of drug-likeness (QED) is 0.581. The fourth-order valence-electron chi connectivity index (χ4n) is 4.75. The number of carbonyl (C=O) groups excluding carboxylic acids is 3. The first-order valence-corrected chi connectivity index (χ1v) is 11.8. The molecule has 1 fully saturated rings. The third-order valence-electron chi connectivity index (χ3n) is 6.47. The summed E-state index contributed by atoms with van der Waals surface area (Å²) in [7, 11) is 1.63. The molecule has 36 heavy (non-hydrogen) atoms. The lowest BCUT2D eigenvalue weighted by atomic mass is 9.98.